The Balaban J connectivity index is 1.75. The summed E-state index contributed by atoms with van der Waals surface area (Å²) in [6.07, 6.45) is 3.38. The highest BCUT2D eigenvalue weighted by Crippen LogP contribution is 2.23. The summed E-state index contributed by atoms with van der Waals surface area (Å²) in [6.45, 7) is 4.73. The van der Waals surface area contributed by atoms with E-state index in [1.807, 2.05) is 25.1 Å². The molecule has 0 radical (unpaired) electrons. The average Bonchev–Trinajstić information content (AvgIpc) is 3.11. The molecule has 0 aliphatic carbocycles. The van der Waals surface area contributed by atoms with Gasteiger partial charge < -0.3 is 15.0 Å². The van der Waals surface area contributed by atoms with E-state index >= 15 is 0 Å². The number of amides is 1. The molecular formula is C21H22N2O3. The number of anilines is 1. The number of carbonyl (C=O) groups excluding carboxylic acids is 2. The Bertz CT molecular complexity index is 926. The number of para-hydroxylation sites is 1. The van der Waals surface area contributed by atoms with Gasteiger partial charge in [-0.2, -0.15) is 0 Å². The third-order valence-corrected chi connectivity index (χ3v) is 4.22. The fourth-order valence-electron chi connectivity index (χ4n) is 2.86. The number of hydrogen-bond donors (Lipinski definition) is 2. The molecule has 0 saturated carbocycles. The van der Waals surface area contributed by atoms with Crippen LogP contribution in [0.15, 0.2) is 48.7 Å². The van der Waals surface area contributed by atoms with Crippen molar-refractivity contribution < 1.29 is 14.3 Å². The van der Waals surface area contributed by atoms with Gasteiger partial charge >= 0.3 is 0 Å². The van der Waals surface area contributed by atoms with Gasteiger partial charge in [-0.25, -0.2) is 0 Å². The maximum absolute atomic E-state index is 12.6. The van der Waals surface area contributed by atoms with Gasteiger partial charge in [0.25, 0.3) is 11.7 Å². The summed E-state index contributed by atoms with van der Waals surface area (Å²) in [7, 11) is 0. The third-order valence-electron chi connectivity index (χ3n) is 4.22. The lowest BCUT2D eigenvalue weighted by molar-refractivity contribution is -0.112. The van der Waals surface area contributed by atoms with Crippen LogP contribution in [-0.2, 0) is 11.2 Å². The predicted molar refractivity (Wildman–Crippen MR) is 103 cm³/mol. The van der Waals surface area contributed by atoms with E-state index in [0.29, 0.717) is 17.9 Å². The second-order valence-corrected chi connectivity index (χ2v) is 6.05. The van der Waals surface area contributed by atoms with Crippen LogP contribution in [-0.4, -0.2) is 23.3 Å². The van der Waals surface area contributed by atoms with Crippen molar-refractivity contribution in [3.05, 3.63) is 59.8 Å². The summed E-state index contributed by atoms with van der Waals surface area (Å²) in [5.74, 6) is -0.481. The maximum atomic E-state index is 12.6. The molecule has 2 aromatic carbocycles. The lowest BCUT2D eigenvalue weighted by Crippen LogP contribution is -2.22. The van der Waals surface area contributed by atoms with E-state index in [2.05, 4.69) is 17.2 Å². The van der Waals surface area contributed by atoms with Crippen LogP contribution in [0.4, 0.5) is 5.69 Å². The molecule has 0 fully saturated rings. The molecule has 5 heteroatoms. The fourth-order valence-corrected chi connectivity index (χ4v) is 2.86. The average molecular weight is 350 g/mol. The van der Waals surface area contributed by atoms with Gasteiger partial charge in [0.15, 0.2) is 0 Å². The van der Waals surface area contributed by atoms with Crippen molar-refractivity contribution in [2.75, 3.05) is 11.9 Å². The summed E-state index contributed by atoms with van der Waals surface area (Å²) < 4.78 is 5.51. The van der Waals surface area contributed by atoms with Crippen LogP contribution in [0.5, 0.6) is 5.75 Å². The molecule has 0 atom stereocenters. The third kappa shape index (κ3) is 3.61. The molecule has 26 heavy (non-hydrogen) atoms. The molecule has 1 aromatic heterocycles. The van der Waals surface area contributed by atoms with E-state index in [0.717, 1.165) is 35.1 Å². The lowest BCUT2D eigenvalue weighted by Gasteiger charge is -2.07. The van der Waals surface area contributed by atoms with E-state index in [9.17, 15) is 9.59 Å². The van der Waals surface area contributed by atoms with Crippen LogP contribution in [0.25, 0.3) is 10.9 Å². The molecule has 3 aromatic rings. The topological polar surface area (TPSA) is 71.2 Å². The molecular weight excluding hydrogens is 328 g/mol. The summed E-state index contributed by atoms with van der Waals surface area (Å²) in [5, 5.41) is 3.42. The Morgan fingerprint density at radius 3 is 2.54 bits per heavy atom. The number of benzene rings is 2. The Morgan fingerprint density at radius 2 is 1.85 bits per heavy atom. The Kier molecular flexibility index (Phi) is 5.37. The lowest BCUT2D eigenvalue weighted by atomic mass is 10.0. The maximum Gasteiger partial charge on any atom is 0.296 e. The number of rotatable bonds is 7. The highest BCUT2D eigenvalue weighted by molar-refractivity contribution is 6.48. The molecule has 134 valence electrons. The van der Waals surface area contributed by atoms with Crippen molar-refractivity contribution in [1.29, 1.82) is 0 Å². The van der Waals surface area contributed by atoms with Crippen LogP contribution in [0.2, 0.25) is 0 Å². The number of fused-ring (bicyclic) bond motifs is 1. The molecule has 1 amide bonds. The van der Waals surface area contributed by atoms with E-state index in [1.165, 1.54) is 0 Å². The zero-order valence-corrected chi connectivity index (χ0v) is 15.0. The van der Waals surface area contributed by atoms with Crippen LogP contribution in [0, 0.1) is 0 Å². The van der Waals surface area contributed by atoms with Crippen molar-refractivity contribution >= 4 is 28.3 Å². The first kappa shape index (κ1) is 17.7. The summed E-state index contributed by atoms with van der Waals surface area (Å²) in [4.78, 5) is 28.1. The highest BCUT2D eigenvalue weighted by Gasteiger charge is 2.20. The van der Waals surface area contributed by atoms with Gasteiger partial charge in [-0.05, 0) is 42.7 Å². The quantitative estimate of drug-likeness (QED) is 0.492. The number of ketones is 1. The zero-order chi connectivity index (χ0) is 18.5. The van der Waals surface area contributed by atoms with Gasteiger partial charge in [0.2, 0.25) is 0 Å². The number of hydrogen-bond acceptors (Lipinski definition) is 3. The number of H-pyrrole nitrogens is 1. The smallest absolute Gasteiger partial charge is 0.296 e. The minimum absolute atomic E-state index is 0.385. The summed E-state index contributed by atoms with van der Waals surface area (Å²) in [6, 6.07) is 12.8. The van der Waals surface area contributed by atoms with Crippen molar-refractivity contribution in [2.45, 2.75) is 26.7 Å². The van der Waals surface area contributed by atoms with Gasteiger partial charge in [0.1, 0.15) is 5.75 Å². The second kappa shape index (κ2) is 7.87. The standard InChI is InChI=1S/C21H22N2O3/c1-3-12-26-16-10-8-15(9-11-16)23-21(25)20(24)18-13-22-19-14(4-2)6-5-7-17(18)19/h5-11,13,22H,3-4,12H2,1-2H3,(H,23,25). The first-order valence-corrected chi connectivity index (χ1v) is 8.81. The second-order valence-electron chi connectivity index (χ2n) is 6.05. The number of aryl methyl sites for hydroxylation is 1. The van der Waals surface area contributed by atoms with Gasteiger partial charge in [-0.15, -0.1) is 0 Å². The number of aromatic amines is 1. The minimum Gasteiger partial charge on any atom is -0.494 e. The Morgan fingerprint density at radius 1 is 1.08 bits per heavy atom. The summed E-state index contributed by atoms with van der Waals surface area (Å²) >= 11 is 0. The number of carbonyl (C=O) groups is 2. The number of ether oxygens (including phenoxy) is 1. The van der Waals surface area contributed by atoms with Crippen LogP contribution < -0.4 is 10.1 Å². The molecule has 0 aliphatic rings. The molecule has 0 bridgehead atoms. The van der Waals surface area contributed by atoms with Gasteiger partial charge in [-0.1, -0.05) is 32.0 Å². The fraction of sp³-hybridized carbons (Fsp3) is 0.238. The van der Waals surface area contributed by atoms with Crippen LogP contribution >= 0.6 is 0 Å². The molecule has 3 rings (SSSR count). The molecule has 1 heterocycles. The molecule has 0 aliphatic heterocycles. The number of Topliss-reactive ketones (excluding diaryl/α,β-unsaturated/α-hetero) is 1. The van der Waals surface area contributed by atoms with Crippen molar-refractivity contribution in [3.63, 3.8) is 0 Å². The zero-order valence-electron chi connectivity index (χ0n) is 15.0. The van der Waals surface area contributed by atoms with E-state index in [-0.39, 0.29) is 0 Å². The number of nitrogens with one attached hydrogen (secondary N) is 2. The largest absolute Gasteiger partial charge is 0.494 e. The Hall–Kier alpha value is -3.08. The Labute approximate surface area is 152 Å². The first-order chi connectivity index (χ1) is 12.6. The van der Waals surface area contributed by atoms with E-state index in [1.54, 1.807) is 30.5 Å². The summed E-state index contributed by atoms with van der Waals surface area (Å²) in [5.41, 5.74) is 2.96. The first-order valence-electron chi connectivity index (χ1n) is 8.81. The van der Waals surface area contributed by atoms with Gasteiger partial charge in [-0.3, -0.25) is 9.59 Å². The van der Waals surface area contributed by atoms with Crippen LogP contribution in [0.1, 0.15) is 36.2 Å². The molecule has 2 N–H and O–H groups in total. The van der Waals surface area contributed by atoms with Crippen molar-refractivity contribution in [2.24, 2.45) is 0 Å². The van der Waals surface area contributed by atoms with Crippen molar-refractivity contribution in [3.8, 4) is 5.75 Å². The van der Waals surface area contributed by atoms with Crippen molar-refractivity contribution in [1.82, 2.24) is 4.98 Å². The predicted octanol–water partition coefficient (Wildman–Crippen LogP) is 4.34. The molecule has 0 spiro atoms. The molecule has 0 saturated heterocycles. The van der Waals surface area contributed by atoms with E-state index in [4.69, 9.17) is 4.74 Å². The SMILES string of the molecule is CCCOc1ccc(NC(=O)C(=O)c2c[nH]c3c(CC)cccc23)cc1. The molecule has 5 nitrogen and oxygen atoms in total. The normalized spacial score (nSPS) is 10.7. The molecule has 0 unspecified atom stereocenters. The monoisotopic (exact) mass is 350 g/mol. The van der Waals surface area contributed by atoms with E-state index < -0.39 is 11.7 Å². The van der Waals surface area contributed by atoms with Gasteiger partial charge in [0, 0.05) is 22.8 Å². The highest BCUT2D eigenvalue weighted by atomic mass is 16.5. The number of aromatic nitrogens is 1. The van der Waals surface area contributed by atoms with Gasteiger partial charge in [0.05, 0.1) is 12.2 Å². The van der Waals surface area contributed by atoms with Crippen LogP contribution in [0.3, 0.4) is 0 Å². The minimum atomic E-state index is -0.657.